The number of carboxylic acids is 1. The Balaban J connectivity index is 1.72. The largest absolute Gasteiger partial charge is 0.478 e. The highest BCUT2D eigenvalue weighted by molar-refractivity contribution is 8.00. The molecule has 1 aliphatic carbocycles. The number of hydrogen-bond donors (Lipinski definition) is 3. The fourth-order valence-electron chi connectivity index (χ4n) is 3.35. The summed E-state index contributed by atoms with van der Waals surface area (Å²) in [5.74, 6) is -1.02. The summed E-state index contributed by atoms with van der Waals surface area (Å²) in [6.07, 6.45) is 4.27. The van der Waals surface area contributed by atoms with Crippen molar-refractivity contribution in [1.29, 1.82) is 0 Å². The van der Waals surface area contributed by atoms with Gasteiger partial charge in [-0.1, -0.05) is 6.08 Å². The van der Waals surface area contributed by atoms with Gasteiger partial charge < -0.3 is 5.11 Å². The molecular weight excluding hydrogens is 416 g/mol. The van der Waals surface area contributed by atoms with Gasteiger partial charge in [-0.2, -0.15) is 0 Å². The molecule has 3 N–H and O–H groups in total. The van der Waals surface area contributed by atoms with Crippen LogP contribution in [-0.2, 0) is 21.9 Å². The van der Waals surface area contributed by atoms with E-state index in [4.69, 9.17) is 5.11 Å². The number of nitrogens with zero attached hydrogens (tertiary/aromatic N) is 2. The van der Waals surface area contributed by atoms with E-state index >= 15 is 0 Å². The Morgan fingerprint density at radius 3 is 2.76 bits per heavy atom. The minimum atomic E-state index is -3.70. The zero-order valence-corrected chi connectivity index (χ0v) is 17.6. The molecule has 0 bridgehead atoms. The number of hydrogen-bond acceptors (Lipinski definition) is 6. The highest BCUT2D eigenvalue weighted by Crippen LogP contribution is 2.37. The van der Waals surface area contributed by atoms with Gasteiger partial charge in [0.15, 0.2) is 0 Å². The van der Waals surface area contributed by atoms with Crippen LogP contribution >= 0.6 is 11.8 Å². The Kier molecular flexibility index (Phi) is 4.88. The Bertz CT molecular complexity index is 1180. The van der Waals surface area contributed by atoms with E-state index in [2.05, 4.69) is 10.0 Å². The molecule has 2 aromatic rings. The highest BCUT2D eigenvalue weighted by atomic mass is 32.2. The zero-order chi connectivity index (χ0) is 21.0. The summed E-state index contributed by atoms with van der Waals surface area (Å²) >= 11 is 1.40. The van der Waals surface area contributed by atoms with E-state index in [0.29, 0.717) is 17.6 Å². The number of aromatic nitrogens is 2. The van der Waals surface area contributed by atoms with Gasteiger partial charge in [0.1, 0.15) is 5.50 Å². The second-order valence-electron chi connectivity index (χ2n) is 7.66. The molecule has 4 rings (SSSR count). The van der Waals surface area contributed by atoms with E-state index in [1.165, 1.54) is 33.0 Å². The molecule has 2 atom stereocenters. The van der Waals surface area contributed by atoms with E-state index in [-0.39, 0.29) is 15.8 Å². The monoisotopic (exact) mass is 438 g/mol. The highest BCUT2D eigenvalue weighted by Gasteiger charge is 2.41. The SMILES string of the molecule is Cn1c(=O)n(C2NCC(/C=C/C(=O)O)S2)c2cc(S(=O)(=O)NC3(C)CC3)ccc21. The second-order valence-corrected chi connectivity index (χ2v) is 10.7. The van der Waals surface area contributed by atoms with Crippen LogP contribution in [0.3, 0.4) is 0 Å². The van der Waals surface area contributed by atoms with Crippen LogP contribution in [0.4, 0.5) is 0 Å². The Morgan fingerprint density at radius 1 is 1.38 bits per heavy atom. The molecule has 0 radical (unpaired) electrons. The third-order valence-electron chi connectivity index (χ3n) is 5.24. The fraction of sp³-hybridized carbons (Fsp3) is 0.444. The maximum Gasteiger partial charge on any atom is 0.330 e. The van der Waals surface area contributed by atoms with Gasteiger partial charge in [0.2, 0.25) is 10.0 Å². The van der Waals surface area contributed by atoms with Crippen LogP contribution in [-0.4, -0.2) is 46.0 Å². The van der Waals surface area contributed by atoms with Gasteiger partial charge in [-0.15, -0.1) is 11.8 Å². The molecular formula is C18H22N4O5S2. The van der Waals surface area contributed by atoms with Crippen LogP contribution in [0.1, 0.15) is 25.3 Å². The average Bonchev–Trinajstić information content (AvgIpc) is 3.09. The number of aliphatic carboxylic acids is 1. The van der Waals surface area contributed by atoms with Crippen molar-refractivity contribution in [2.24, 2.45) is 7.05 Å². The summed E-state index contributed by atoms with van der Waals surface area (Å²) in [5, 5.41) is 11.9. The number of thioether (sulfide) groups is 1. The van der Waals surface area contributed by atoms with Crippen molar-refractivity contribution in [2.75, 3.05) is 6.54 Å². The number of rotatable bonds is 6. The minimum Gasteiger partial charge on any atom is -0.478 e. The number of carbonyl (C=O) groups is 1. The molecule has 2 heterocycles. The molecule has 1 aromatic carbocycles. The van der Waals surface area contributed by atoms with Crippen LogP contribution < -0.4 is 15.7 Å². The van der Waals surface area contributed by atoms with Gasteiger partial charge in [0, 0.05) is 30.5 Å². The molecule has 1 aliphatic heterocycles. The number of fused-ring (bicyclic) bond motifs is 1. The van der Waals surface area contributed by atoms with E-state index in [1.54, 1.807) is 19.2 Å². The van der Waals surface area contributed by atoms with Crippen molar-refractivity contribution in [3.63, 3.8) is 0 Å². The Morgan fingerprint density at radius 2 is 2.10 bits per heavy atom. The number of carboxylic acid groups (broad SMARTS) is 1. The quantitative estimate of drug-likeness (QED) is 0.575. The molecule has 156 valence electrons. The molecule has 2 aliphatic rings. The zero-order valence-electron chi connectivity index (χ0n) is 16.0. The predicted molar refractivity (Wildman–Crippen MR) is 110 cm³/mol. The molecule has 2 unspecified atom stereocenters. The van der Waals surface area contributed by atoms with Crippen molar-refractivity contribution >= 4 is 38.8 Å². The number of nitrogens with one attached hydrogen (secondary N) is 2. The van der Waals surface area contributed by atoms with Crippen LogP contribution in [0, 0.1) is 0 Å². The molecule has 0 spiro atoms. The van der Waals surface area contributed by atoms with Crippen LogP contribution in [0.5, 0.6) is 0 Å². The summed E-state index contributed by atoms with van der Waals surface area (Å²) < 4.78 is 31.3. The third-order valence-corrected chi connectivity index (χ3v) is 8.18. The summed E-state index contributed by atoms with van der Waals surface area (Å²) in [7, 11) is -2.06. The van der Waals surface area contributed by atoms with Gasteiger partial charge >= 0.3 is 11.7 Å². The smallest absolute Gasteiger partial charge is 0.330 e. The van der Waals surface area contributed by atoms with Gasteiger partial charge in [-0.25, -0.2) is 22.7 Å². The summed E-state index contributed by atoms with van der Waals surface area (Å²) in [6, 6.07) is 4.67. The van der Waals surface area contributed by atoms with E-state index < -0.39 is 27.0 Å². The number of aryl methyl sites for hydroxylation is 1. The predicted octanol–water partition coefficient (Wildman–Crippen LogP) is 0.973. The third kappa shape index (κ3) is 3.87. The summed E-state index contributed by atoms with van der Waals surface area (Å²) in [5.41, 5.74) is 0.0372. The van der Waals surface area contributed by atoms with Crippen LogP contribution in [0.2, 0.25) is 0 Å². The second kappa shape index (κ2) is 7.01. The lowest BCUT2D eigenvalue weighted by Crippen LogP contribution is -2.34. The molecule has 1 saturated heterocycles. The van der Waals surface area contributed by atoms with Crippen molar-refractivity contribution in [1.82, 2.24) is 19.2 Å². The summed E-state index contributed by atoms with van der Waals surface area (Å²) in [4.78, 5) is 23.7. The van der Waals surface area contributed by atoms with Gasteiger partial charge in [-0.3, -0.25) is 14.5 Å². The lowest BCUT2D eigenvalue weighted by atomic mass is 10.3. The molecule has 0 amide bonds. The van der Waals surface area contributed by atoms with E-state index in [1.807, 2.05) is 6.92 Å². The molecule has 29 heavy (non-hydrogen) atoms. The van der Waals surface area contributed by atoms with Gasteiger partial charge in [0.05, 0.1) is 15.9 Å². The standard InChI is InChI=1S/C18H22N4O5S2/c1-18(7-8-18)20-29(26,27)12-4-5-13-14(9-12)22(17(25)21(13)2)16-19-10-11(28-16)3-6-15(23)24/h3-6,9,11,16,19-20H,7-8,10H2,1-2H3,(H,23,24)/b6-3+. The minimum absolute atomic E-state index is 0.110. The first-order valence-electron chi connectivity index (χ1n) is 9.15. The molecule has 1 aromatic heterocycles. The number of benzene rings is 1. The Hall–Kier alpha value is -2.08. The van der Waals surface area contributed by atoms with E-state index in [9.17, 15) is 18.0 Å². The van der Waals surface area contributed by atoms with Gasteiger partial charge in [-0.05, 0) is 38.0 Å². The number of sulfonamides is 1. The lowest BCUT2D eigenvalue weighted by Gasteiger charge is -2.14. The van der Waals surface area contributed by atoms with Crippen molar-refractivity contribution in [2.45, 2.75) is 40.9 Å². The molecule has 2 fully saturated rings. The first kappa shape index (κ1) is 20.2. The lowest BCUT2D eigenvalue weighted by molar-refractivity contribution is -0.131. The average molecular weight is 439 g/mol. The normalized spacial score (nSPS) is 23.8. The van der Waals surface area contributed by atoms with Crippen molar-refractivity contribution in [3.8, 4) is 0 Å². The van der Waals surface area contributed by atoms with Gasteiger partial charge in [0.25, 0.3) is 0 Å². The summed E-state index contributed by atoms with van der Waals surface area (Å²) in [6.45, 7) is 2.37. The maximum absolute atomic E-state index is 12.8. The Labute approximate surface area is 171 Å². The fourth-order valence-corrected chi connectivity index (χ4v) is 6.04. The first-order valence-corrected chi connectivity index (χ1v) is 11.6. The number of imidazole rings is 1. The first-order chi connectivity index (χ1) is 13.6. The molecule has 11 heteroatoms. The van der Waals surface area contributed by atoms with E-state index in [0.717, 1.165) is 18.9 Å². The maximum atomic E-state index is 12.8. The van der Waals surface area contributed by atoms with Crippen LogP contribution in [0.25, 0.3) is 11.0 Å². The van der Waals surface area contributed by atoms with Crippen LogP contribution in [0.15, 0.2) is 40.0 Å². The molecule has 1 saturated carbocycles. The van der Waals surface area contributed by atoms with Crippen molar-refractivity contribution < 1.29 is 18.3 Å². The van der Waals surface area contributed by atoms with Crippen molar-refractivity contribution in [3.05, 3.63) is 40.8 Å². The topological polar surface area (TPSA) is 122 Å². The molecule has 9 nitrogen and oxygen atoms in total.